The molecule has 104 valence electrons. The number of hydrogen-bond acceptors (Lipinski definition) is 3. The van der Waals surface area contributed by atoms with Crippen LogP contribution in [0.15, 0.2) is 23.1 Å². The maximum absolute atomic E-state index is 13.1. The highest BCUT2D eigenvalue weighted by Crippen LogP contribution is 2.18. The van der Waals surface area contributed by atoms with Gasteiger partial charge < -0.3 is 10.6 Å². The van der Waals surface area contributed by atoms with E-state index in [0.717, 1.165) is 25.3 Å². The molecule has 1 atom stereocenters. The number of hydrogen-bond donors (Lipinski definition) is 1. The smallest absolute Gasteiger partial charge is 0.235 e. The van der Waals surface area contributed by atoms with E-state index in [2.05, 4.69) is 0 Å². The van der Waals surface area contributed by atoms with Gasteiger partial charge in [-0.1, -0.05) is 0 Å². The van der Waals surface area contributed by atoms with E-state index in [1.54, 1.807) is 4.90 Å². The number of halogens is 1. The molecule has 4 nitrogen and oxygen atoms in total. The van der Waals surface area contributed by atoms with Gasteiger partial charge in [0.2, 0.25) is 5.91 Å². The predicted molar refractivity (Wildman–Crippen MR) is 72.5 cm³/mol. The fourth-order valence-electron chi connectivity index (χ4n) is 2.13. The molecule has 2 N–H and O–H groups in total. The number of amides is 1. The van der Waals surface area contributed by atoms with E-state index in [9.17, 15) is 13.4 Å². The van der Waals surface area contributed by atoms with Gasteiger partial charge in [-0.15, -0.1) is 0 Å². The largest absolute Gasteiger partial charge is 0.398 e. The molecule has 0 bridgehead atoms. The molecule has 1 aliphatic heterocycles. The number of piperidine rings is 1. The first-order valence-corrected chi connectivity index (χ1v) is 7.61. The Labute approximate surface area is 114 Å². The van der Waals surface area contributed by atoms with Gasteiger partial charge in [0.15, 0.2) is 0 Å². The molecule has 1 aromatic carbocycles. The van der Waals surface area contributed by atoms with Crippen LogP contribution in [0.25, 0.3) is 0 Å². The second-order valence-corrected chi connectivity index (χ2v) is 6.03. The van der Waals surface area contributed by atoms with Crippen molar-refractivity contribution >= 4 is 22.4 Å². The fraction of sp³-hybridized carbons (Fsp3) is 0.462. The van der Waals surface area contributed by atoms with E-state index >= 15 is 0 Å². The average molecular weight is 284 g/mol. The number of rotatable bonds is 3. The number of anilines is 1. The van der Waals surface area contributed by atoms with E-state index in [1.807, 2.05) is 0 Å². The summed E-state index contributed by atoms with van der Waals surface area (Å²) in [5.41, 5.74) is 5.92. The zero-order valence-electron chi connectivity index (χ0n) is 10.6. The molecule has 1 unspecified atom stereocenters. The molecule has 1 aliphatic rings. The van der Waals surface area contributed by atoms with Crippen LogP contribution >= 0.6 is 0 Å². The molecular weight excluding hydrogens is 267 g/mol. The molecule has 2 rings (SSSR count). The van der Waals surface area contributed by atoms with E-state index in [4.69, 9.17) is 5.73 Å². The average Bonchev–Trinajstić information content (AvgIpc) is 2.42. The summed E-state index contributed by atoms with van der Waals surface area (Å²) in [5, 5.41) is 0. The molecule has 19 heavy (non-hydrogen) atoms. The van der Waals surface area contributed by atoms with Gasteiger partial charge in [0, 0.05) is 18.8 Å². The Balaban J connectivity index is 2.04. The third-order valence-corrected chi connectivity index (χ3v) is 4.54. The Morgan fingerprint density at radius 2 is 2.00 bits per heavy atom. The predicted octanol–water partition coefficient (Wildman–Crippen LogP) is 1.53. The van der Waals surface area contributed by atoms with E-state index in [1.165, 1.54) is 12.1 Å². The molecule has 6 heteroatoms. The van der Waals surface area contributed by atoms with E-state index in [-0.39, 0.29) is 22.2 Å². The minimum Gasteiger partial charge on any atom is -0.398 e. The number of carbonyl (C=O) groups is 1. The van der Waals surface area contributed by atoms with Gasteiger partial charge in [-0.05, 0) is 37.5 Å². The van der Waals surface area contributed by atoms with Crippen molar-refractivity contribution in [2.45, 2.75) is 24.2 Å². The number of nitrogens with two attached hydrogens (primary N) is 1. The first kappa shape index (κ1) is 14.0. The highest BCUT2D eigenvalue weighted by atomic mass is 32.2. The molecule has 0 aromatic heterocycles. The summed E-state index contributed by atoms with van der Waals surface area (Å²) in [6.45, 7) is 1.43. The van der Waals surface area contributed by atoms with E-state index < -0.39 is 16.6 Å². The van der Waals surface area contributed by atoms with Crippen molar-refractivity contribution in [1.29, 1.82) is 0 Å². The van der Waals surface area contributed by atoms with Crippen LogP contribution in [-0.4, -0.2) is 33.9 Å². The van der Waals surface area contributed by atoms with Crippen LogP contribution in [-0.2, 0) is 15.6 Å². The molecule has 1 saturated heterocycles. The van der Waals surface area contributed by atoms with Crippen LogP contribution in [0.1, 0.15) is 19.3 Å². The quantitative estimate of drug-likeness (QED) is 0.856. The molecular formula is C13H17FN2O2S. The van der Waals surface area contributed by atoms with Crippen molar-refractivity contribution < 1.29 is 13.4 Å². The molecule has 1 fully saturated rings. The second-order valence-electron chi connectivity index (χ2n) is 4.61. The lowest BCUT2D eigenvalue weighted by Crippen LogP contribution is -2.38. The molecule has 1 aromatic rings. The number of benzene rings is 1. The summed E-state index contributed by atoms with van der Waals surface area (Å²) in [5.74, 6) is -0.780. The van der Waals surface area contributed by atoms with Crippen molar-refractivity contribution in [3.63, 3.8) is 0 Å². The van der Waals surface area contributed by atoms with Crippen molar-refractivity contribution in [2.75, 3.05) is 24.6 Å². The number of nitrogen functional groups attached to an aromatic ring is 1. The number of nitrogens with zero attached hydrogens (tertiary/aromatic N) is 1. The summed E-state index contributed by atoms with van der Waals surface area (Å²) >= 11 is 0. The maximum Gasteiger partial charge on any atom is 0.235 e. The lowest BCUT2D eigenvalue weighted by molar-refractivity contribution is -0.129. The minimum atomic E-state index is -1.59. The van der Waals surface area contributed by atoms with Gasteiger partial charge in [0.1, 0.15) is 11.6 Å². The first-order valence-electron chi connectivity index (χ1n) is 6.29. The van der Waals surface area contributed by atoms with Crippen molar-refractivity contribution in [3.8, 4) is 0 Å². The van der Waals surface area contributed by atoms with Crippen LogP contribution in [0.2, 0.25) is 0 Å². The Morgan fingerprint density at radius 3 is 2.68 bits per heavy atom. The lowest BCUT2D eigenvalue weighted by Gasteiger charge is -2.26. The summed E-state index contributed by atoms with van der Waals surface area (Å²) in [6, 6.07) is 3.71. The third kappa shape index (κ3) is 3.53. The molecule has 0 saturated carbocycles. The molecule has 1 amide bonds. The monoisotopic (exact) mass is 284 g/mol. The first-order chi connectivity index (χ1) is 9.08. The van der Waals surface area contributed by atoms with Crippen LogP contribution < -0.4 is 5.73 Å². The second kappa shape index (κ2) is 6.14. The highest BCUT2D eigenvalue weighted by Gasteiger charge is 2.20. The molecule has 0 spiro atoms. The topological polar surface area (TPSA) is 63.4 Å². The Bertz CT molecular complexity index is 501. The van der Waals surface area contributed by atoms with Gasteiger partial charge in [-0.25, -0.2) is 4.39 Å². The Morgan fingerprint density at radius 1 is 1.32 bits per heavy atom. The maximum atomic E-state index is 13.1. The van der Waals surface area contributed by atoms with Crippen LogP contribution in [0, 0.1) is 5.82 Å². The van der Waals surface area contributed by atoms with Gasteiger partial charge in [-0.3, -0.25) is 9.00 Å². The van der Waals surface area contributed by atoms with Crippen LogP contribution in [0.4, 0.5) is 10.1 Å². The van der Waals surface area contributed by atoms with Gasteiger partial charge in [-0.2, -0.15) is 0 Å². The van der Waals surface area contributed by atoms with Crippen molar-refractivity contribution in [2.24, 2.45) is 0 Å². The zero-order valence-corrected chi connectivity index (χ0v) is 11.4. The summed E-state index contributed by atoms with van der Waals surface area (Å²) in [7, 11) is -1.59. The summed E-state index contributed by atoms with van der Waals surface area (Å²) in [6.07, 6.45) is 3.10. The van der Waals surface area contributed by atoms with Crippen LogP contribution in [0.3, 0.4) is 0 Å². The van der Waals surface area contributed by atoms with E-state index in [0.29, 0.717) is 13.1 Å². The number of carbonyl (C=O) groups excluding carboxylic acids is 1. The van der Waals surface area contributed by atoms with Crippen LogP contribution in [0.5, 0.6) is 0 Å². The molecule has 0 aliphatic carbocycles. The zero-order chi connectivity index (χ0) is 13.8. The Kier molecular flexibility index (Phi) is 4.52. The SMILES string of the molecule is Nc1ccc(F)cc1S(=O)CC(=O)N1CCCCC1. The van der Waals surface area contributed by atoms with Gasteiger partial charge >= 0.3 is 0 Å². The van der Waals surface area contributed by atoms with Gasteiger partial charge in [0.05, 0.1) is 15.7 Å². The number of likely N-dealkylation sites (tertiary alicyclic amines) is 1. The highest BCUT2D eigenvalue weighted by molar-refractivity contribution is 7.86. The summed E-state index contributed by atoms with van der Waals surface area (Å²) in [4.78, 5) is 13.9. The standard InChI is InChI=1S/C13H17FN2O2S/c14-10-4-5-11(15)12(8-10)19(18)9-13(17)16-6-2-1-3-7-16/h4-5,8H,1-3,6-7,9,15H2. The molecule has 1 heterocycles. The fourth-order valence-corrected chi connectivity index (χ4v) is 3.27. The van der Waals surface area contributed by atoms with Crippen molar-refractivity contribution in [3.05, 3.63) is 24.0 Å². The van der Waals surface area contributed by atoms with Gasteiger partial charge in [0.25, 0.3) is 0 Å². The lowest BCUT2D eigenvalue weighted by atomic mass is 10.1. The van der Waals surface area contributed by atoms with Crippen molar-refractivity contribution in [1.82, 2.24) is 4.90 Å². The molecule has 0 radical (unpaired) electrons. The Hall–Kier alpha value is -1.43. The normalized spacial score (nSPS) is 17.2. The minimum absolute atomic E-state index is 0.131. The third-order valence-electron chi connectivity index (χ3n) is 3.18. The summed E-state index contributed by atoms with van der Waals surface area (Å²) < 4.78 is 25.2.